The van der Waals surface area contributed by atoms with Gasteiger partial charge in [0.2, 0.25) is 5.91 Å². The number of carbonyl (C=O) groups is 2. The van der Waals surface area contributed by atoms with Crippen LogP contribution < -0.4 is 11.1 Å². The minimum Gasteiger partial charge on any atom is -0.384 e. The minimum atomic E-state index is -0.347. The number of pyridine rings is 1. The molecule has 2 heterocycles. The molecule has 0 spiro atoms. The Hall–Kier alpha value is -3.61. The van der Waals surface area contributed by atoms with Crippen LogP contribution >= 0.6 is 0 Å². The number of nitrogen functional groups attached to an aromatic ring is 1. The Balaban J connectivity index is 1.41. The average molecular weight is 412 g/mol. The summed E-state index contributed by atoms with van der Waals surface area (Å²) in [6, 6.07) is 23.4. The first-order valence-electron chi connectivity index (χ1n) is 10.5. The van der Waals surface area contributed by atoms with Gasteiger partial charge in [0.1, 0.15) is 13.7 Å². The van der Waals surface area contributed by atoms with Crippen molar-refractivity contribution in [2.24, 2.45) is 5.92 Å². The fraction of sp³-hybridized carbons (Fsp3) is 0.208. The standard InChI is InChI=1S/C24H25BN4O2/c25-22-19(13-16-11-12-27-21(26)14-16)23(30)29(22)24(31)28-15-20(17-7-3-1-4-8-17)18-9-5-2-6-10-18/h1-12,14,19-20,22H,13,15,25H2,(H2,26,27)(H,28,31)/t19-,22?/m1/s1. The van der Waals surface area contributed by atoms with Crippen LogP contribution in [-0.4, -0.2) is 42.2 Å². The quantitative estimate of drug-likeness (QED) is 0.480. The van der Waals surface area contributed by atoms with E-state index in [1.54, 1.807) is 12.3 Å². The van der Waals surface area contributed by atoms with Gasteiger partial charge < -0.3 is 11.1 Å². The Labute approximate surface area is 182 Å². The van der Waals surface area contributed by atoms with Gasteiger partial charge >= 0.3 is 6.03 Å². The number of nitrogens with zero attached hydrogens (tertiary/aromatic N) is 2. The van der Waals surface area contributed by atoms with Gasteiger partial charge in [-0.15, -0.1) is 0 Å². The Bertz CT molecular complexity index is 1020. The number of hydrogen-bond donors (Lipinski definition) is 2. The Kier molecular flexibility index (Phi) is 6.02. The maximum atomic E-state index is 12.8. The highest BCUT2D eigenvalue weighted by Gasteiger charge is 2.47. The van der Waals surface area contributed by atoms with E-state index in [2.05, 4.69) is 34.6 Å². The minimum absolute atomic E-state index is 0.00799. The van der Waals surface area contributed by atoms with Crippen LogP contribution in [0.4, 0.5) is 10.6 Å². The molecule has 3 amide bonds. The number of carbonyl (C=O) groups excluding carboxylic acids is 2. The topological polar surface area (TPSA) is 88.3 Å². The first kappa shape index (κ1) is 20.7. The first-order chi connectivity index (χ1) is 15.0. The van der Waals surface area contributed by atoms with Crippen LogP contribution in [0.1, 0.15) is 22.6 Å². The average Bonchev–Trinajstić information content (AvgIpc) is 2.79. The van der Waals surface area contributed by atoms with Crippen molar-refractivity contribution in [3.05, 3.63) is 95.7 Å². The molecule has 7 heteroatoms. The molecule has 31 heavy (non-hydrogen) atoms. The number of nitrogens with one attached hydrogen (secondary N) is 1. The van der Waals surface area contributed by atoms with Crippen molar-refractivity contribution in [2.45, 2.75) is 18.3 Å². The summed E-state index contributed by atoms with van der Waals surface area (Å²) < 4.78 is 0. The second-order valence-electron chi connectivity index (χ2n) is 7.91. The molecule has 0 saturated carbocycles. The lowest BCUT2D eigenvalue weighted by Crippen LogP contribution is -2.66. The summed E-state index contributed by atoms with van der Waals surface area (Å²) >= 11 is 0. The number of β-lactam (4-membered cyclic amide) rings is 1. The molecule has 2 atom stereocenters. The molecule has 156 valence electrons. The van der Waals surface area contributed by atoms with Gasteiger partial charge in [-0.3, -0.25) is 9.69 Å². The largest absolute Gasteiger partial charge is 0.384 e. The number of aromatic nitrogens is 1. The SMILES string of the molecule is BC1[C@@H](Cc2ccnc(N)c2)C(=O)N1C(=O)NCC(c1ccccc1)c1ccccc1. The first-order valence-corrected chi connectivity index (χ1v) is 10.5. The summed E-state index contributed by atoms with van der Waals surface area (Å²) in [6.07, 6.45) is 2.18. The van der Waals surface area contributed by atoms with Crippen molar-refractivity contribution < 1.29 is 9.59 Å². The Morgan fingerprint density at radius 2 is 1.68 bits per heavy atom. The molecule has 1 aliphatic rings. The zero-order valence-corrected chi connectivity index (χ0v) is 17.4. The van der Waals surface area contributed by atoms with Crippen molar-refractivity contribution in [3.8, 4) is 0 Å². The van der Waals surface area contributed by atoms with Crippen LogP contribution in [0.3, 0.4) is 0 Å². The van der Waals surface area contributed by atoms with Gasteiger partial charge in [-0.1, -0.05) is 60.7 Å². The molecule has 3 N–H and O–H groups in total. The highest BCUT2D eigenvalue weighted by molar-refractivity contribution is 6.22. The van der Waals surface area contributed by atoms with E-state index in [9.17, 15) is 9.59 Å². The Morgan fingerprint density at radius 3 is 2.23 bits per heavy atom. The predicted molar refractivity (Wildman–Crippen MR) is 123 cm³/mol. The molecular formula is C24H25BN4O2. The van der Waals surface area contributed by atoms with Crippen molar-refractivity contribution >= 4 is 25.6 Å². The number of urea groups is 1. The third-order valence-electron chi connectivity index (χ3n) is 5.93. The summed E-state index contributed by atoms with van der Waals surface area (Å²) in [7, 11) is 1.90. The lowest BCUT2D eigenvalue weighted by Gasteiger charge is -2.44. The Morgan fingerprint density at radius 1 is 1.06 bits per heavy atom. The molecule has 2 aromatic carbocycles. The molecular weight excluding hydrogens is 387 g/mol. The maximum absolute atomic E-state index is 12.8. The van der Waals surface area contributed by atoms with Crippen LogP contribution in [-0.2, 0) is 11.2 Å². The highest BCUT2D eigenvalue weighted by atomic mass is 16.2. The third-order valence-corrected chi connectivity index (χ3v) is 5.93. The summed E-state index contributed by atoms with van der Waals surface area (Å²) in [5, 5.41) is 2.97. The molecule has 0 bridgehead atoms. The van der Waals surface area contributed by atoms with E-state index in [0.717, 1.165) is 16.7 Å². The smallest absolute Gasteiger partial charge is 0.323 e. The molecule has 1 aliphatic heterocycles. The number of imide groups is 1. The van der Waals surface area contributed by atoms with E-state index in [1.165, 1.54) is 4.90 Å². The highest BCUT2D eigenvalue weighted by Crippen LogP contribution is 2.29. The van der Waals surface area contributed by atoms with Crippen LogP contribution in [0.2, 0.25) is 0 Å². The van der Waals surface area contributed by atoms with Crippen LogP contribution in [0.25, 0.3) is 0 Å². The molecule has 1 fully saturated rings. The van der Waals surface area contributed by atoms with Gasteiger partial charge in [-0.2, -0.15) is 0 Å². The summed E-state index contributed by atoms with van der Waals surface area (Å²) in [5.74, 6) is -0.121. The second-order valence-corrected chi connectivity index (χ2v) is 7.91. The summed E-state index contributed by atoms with van der Waals surface area (Å²) in [6.45, 7) is 0.412. The van der Waals surface area contributed by atoms with E-state index >= 15 is 0 Å². The maximum Gasteiger partial charge on any atom is 0.323 e. The van der Waals surface area contributed by atoms with Crippen molar-refractivity contribution in [1.29, 1.82) is 0 Å². The van der Waals surface area contributed by atoms with Gasteiger partial charge in [0.05, 0.1) is 5.92 Å². The fourth-order valence-electron chi connectivity index (χ4n) is 4.18. The fourth-order valence-corrected chi connectivity index (χ4v) is 4.18. The van der Waals surface area contributed by atoms with E-state index in [1.807, 2.05) is 50.3 Å². The van der Waals surface area contributed by atoms with E-state index in [-0.39, 0.29) is 29.7 Å². The van der Waals surface area contributed by atoms with Gasteiger partial charge in [0, 0.05) is 24.6 Å². The molecule has 0 radical (unpaired) electrons. The number of likely N-dealkylation sites (tertiary alicyclic amines) is 1. The molecule has 1 aromatic heterocycles. The lowest BCUT2D eigenvalue weighted by molar-refractivity contribution is -0.145. The zero-order valence-electron chi connectivity index (χ0n) is 17.4. The van der Waals surface area contributed by atoms with Crippen LogP contribution in [0, 0.1) is 5.92 Å². The van der Waals surface area contributed by atoms with Crippen LogP contribution in [0.5, 0.6) is 0 Å². The normalized spacial score (nSPS) is 18.0. The molecule has 6 nitrogen and oxygen atoms in total. The number of hydrogen-bond acceptors (Lipinski definition) is 4. The number of anilines is 1. The van der Waals surface area contributed by atoms with E-state index in [0.29, 0.717) is 18.8 Å². The number of rotatable bonds is 6. The van der Waals surface area contributed by atoms with Crippen LogP contribution in [0.15, 0.2) is 79.0 Å². The monoisotopic (exact) mass is 412 g/mol. The van der Waals surface area contributed by atoms with Gasteiger partial charge in [0.15, 0.2) is 0 Å². The van der Waals surface area contributed by atoms with Gasteiger partial charge in [-0.05, 0) is 35.2 Å². The molecule has 4 rings (SSSR count). The van der Waals surface area contributed by atoms with Gasteiger partial charge in [0.25, 0.3) is 0 Å². The van der Waals surface area contributed by atoms with Crippen molar-refractivity contribution in [2.75, 3.05) is 12.3 Å². The second kappa shape index (κ2) is 9.04. The number of amides is 3. The van der Waals surface area contributed by atoms with Gasteiger partial charge in [-0.25, -0.2) is 9.78 Å². The summed E-state index contributed by atoms with van der Waals surface area (Å²) in [4.78, 5) is 30.8. The lowest BCUT2D eigenvalue weighted by atomic mass is 9.72. The third kappa shape index (κ3) is 4.45. The molecule has 0 aliphatic carbocycles. The number of nitrogens with two attached hydrogens (primary N) is 1. The molecule has 3 aromatic rings. The zero-order chi connectivity index (χ0) is 21.8. The van der Waals surface area contributed by atoms with E-state index < -0.39 is 0 Å². The van der Waals surface area contributed by atoms with Crippen molar-refractivity contribution in [1.82, 2.24) is 15.2 Å². The summed E-state index contributed by atoms with van der Waals surface area (Å²) in [5.41, 5.74) is 8.91. The predicted octanol–water partition coefficient (Wildman–Crippen LogP) is 2.17. The van der Waals surface area contributed by atoms with E-state index in [4.69, 9.17) is 5.73 Å². The molecule has 1 saturated heterocycles. The number of benzene rings is 2. The molecule has 1 unspecified atom stereocenters. The van der Waals surface area contributed by atoms with Crippen molar-refractivity contribution in [3.63, 3.8) is 0 Å².